The van der Waals surface area contributed by atoms with Gasteiger partial charge in [-0.3, -0.25) is 9.69 Å². The number of H-pyrrole nitrogens is 1. The largest absolute Gasteiger partial charge is 0.503 e. The molecule has 25 heavy (non-hydrogen) atoms. The summed E-state index contributed by atoms with van der Waals surface area (Å²) in [6.07, 6.45) is 5.11. The molecule has 0 bridgehead atoms. The molecule has 2 N–H and O–H groups in total. The Bertz CT molecular complexity index is 739. The summed E-state index contributed by atoms with van der Waals surface area (Å²) in [6, 6.07) is 5.30. The zero-order chi connectivity index (χ0) is 17.6. The molecule has 0 saturated carbocycles. The Labute approximate surface area is 146 Å². The number of nitrogens with zero attached hydrogens (tertiary/aromatic N) is 2. The van der Waals surface area contributed by atoms with Gasteiger partial charge in [-0.2, -0.15) is 0 Å². The summed E-state index contributed by atoms with van der Waals surface area (Å²) in [5.74, 6) is 0.372. The predicted molar refractivity (Wildman–Crippen MR) is 92.6 cm³/mol. The Balaban J connectivity index is 1.53. The van der Waals surface area contributed by atoms with E-state index in [0.29, 0.717) is 19.0 Å². The van der Waals surface area contributed by atoms with Crippen molar-refractivity contribution in [1.82, 2.24) is 14.9 Å². The minimum Gasteiger partial charge on any atom is -0.503 e. The van der Waals surface area contributed by atoms with E-state index in [-0.39, 0.29) is 17.3 Å². The molecule has 7 nitrogen and oxygen atoms in total. The summed E-state index contributed by atoms with van der Waals surface area (Å²) < 4.78 is 11.2. The van der Waals surface area contributed by atoms with Crippen molar-refractivity contribution in [3.63, 3.8) is 0 Å². The molecule has 2 aromatic rings. The van der Waals surface area contributed by atoms with E-state index in [0.717, 1.165) is 37.3 Å². The van der Waals surface area contributed by atoms with Gasteiger partial charge < -0.3 is 19.6 Å². The third kappa shape index (κ3) is 5.04. The monoisotopic (exact) mass is 345 g/mol. The van der Waals surface area contributed by atoms with E-state index in [1.54, 1.807) is 0 Å². The molecule has 0 radical (unpaired) electrons. The first kappa shape index (κ1) is 17.4. The predicted octanol–water partition coefficient (Wildman–Crippen LogP) is 1.67. The van der Waals surface area contributed by atoms with Crippen LogP contribution in [-0.4, -0.2) is 46.3 Å². The van der Waals surface area contributed by atoms with Crippen molar-refractivity contribution >= 4 is 0 Å². The van der Waals surface area contributed by atoms with E-state index in [9.17, 15) is 9.90 Å². The van der Waals surface area contributed by atoms with E-state index >= 15 is 0 Å². The first-order valence-corrected chi connectivity index (χ1v) is 8.38. The lowest BCUT2D eigenvalue weighted by Crippen LogP contribution is -2.26. The molecule has 0 aromatic carbocycles. The highest BCUT2D eigenvalue weighted by atomic mass is 16.5. The average molecular weight is 345 g/mol. The minimum atomic E-state index is -0.376. The van der Waals surface area contributed by atoms with Crippen molar-refractivity contribution < 1.29 is 14.6 Å². The molecule has 0 spiro atoms. The van der Waals surface area contributed by atoms with Crippen LogP contribution in [-0.2, 0) is 17.8 Å². The smallest absolute Gasteiger partial charge is 0.223 e. The van der Waals surface area contributed by atoms with Crippen LogP contribution in [0.15, 0.2) is 35.4 Å². The average Bonchev–Trinajstić information content (AvgIpc) is 2.61. The second-order valence-corrected chi connectivity index (χ2v) is 6.31. The van der Waals surface area contributed by atoms with Crippen LogP contribution >= 0.6 is 0 Å². The number of pyridine rings is 2. The second-order valence-electron chi connectivity index (χ2n) is 6.31. The summed E-state index contributed by atoms with van der Waals surface area (Å²) >= 11 is 0. The second kappa shape index (κ2) is 8.13. The Morgan fingerprint density at radius 1 is 1.36 bits per heavy atom. The molecule has 0 atom stereocenters. The van der Waals surface area contributed by atoms with Crippen LogP contribution in [0.5, 0.6) is 11.6 Å². The fourth-order valence-corrected chi connectivity index (χ4v) is 2.79. The highest BCUT2D eigenvalue weighted by Gasteiger charge is 2.15. The molecule has 3 rings (SSSR count). The Morgan fingerprint density at radius 2 is 2.16 bits per heavy atom. The van der Waals surface area contributed by atoms with Crippen LogP contribution in [0.1, 0.15) is 24.1 Å². The first-order valence-electron chi connectivity index (χ1n) is 8.38. The topological polar surface area (TPSA) is 87.7 Å². The standard InChI is InChI=1S/C18H23N3O4/c1-21(12-14-8-16(22)17(23)10-19-14)11-13-2-3-18(20-9-13)25-15-4-6-24-7-5-15/h2-3,8-10,15,23H,4-7,11-12H2,1H3,(H,19,22). The van der Waals surface area contributed by atoms with Crippen LogP contribution < -0.4 is 10.2 Å². The van der Waals surface area contributed by atoms with E-state index < -0.39 is 0 Å². The van der Waals surface area contributed by atoms with Gasteiger partial charge in [0.05, 0.1) is 13.2 Å². The zero-order valence-electron chi connectivity index (χ0n) is 14.3. The van der Waals surface area contributed by atoms with Gasteiger partial charge in [-0.25, -0.2) is 4.98 Å². The molecular formula is C18H23N3O4. The molecule has 1 aliphatic rings. The van der Waals surface area contributed by atoms with Crippen LogP contribution in [0.3, 0.4) is 0 Å². The van der Waals surface area contributed by atoms with Gasteiger partial charge in [0.15, 0.2) is 5.75 Å². The molecule has 1 aliphatic heterocycles. The van der Waals surface area contributed by atoms with Crippen molar-refractivity contribution in [1.29, 1.82) is 0 Å². The number of ether oxygens (including phenoxy) is 2. The molecule has 2 aromatic heterocycles. The highest BCUT2D eigenvalue weighted by molar-refractivity contribution is 5.20. The number of nitrogens with one attached hydrogen (secondary N) is 1. The quantitative estimate of drug-likeness (QED) is 0.828. The number of hydrogen-bond acceptors (Lipinski definition) is 6. The van der Waals surface area contributed by atoms with Crippen LogP contribution in [0.2, 0.25) is 0 Å². The van der Waals surface area contributed by atoms with E-state index in [1.807, 2.05) is 25.4 Å². The summed E-state index contributed by atoms with van der Waals surface area (Å²) in [6.45, 7) is 2.74. The molecule has 0 unspecified atom stereocenters. The van der Waals surface area contributed by atoms with Gasteiger partial charge in [0.1, 0.15) is 6.10 Å². The SMILES string of the molecule is CN(Cc1ccc(OC2CCOCC2)nc1)Cc1cc(=O)c(O)c[nH]1. The lowest BCUT2D eigenvalue weighted by Gasteiger charge is -2.22. The fourth-order valence-electron chi connectivity index (χ4n) is 2.79. The van der Waals surface area contributed by atoms with Gasteiger partial charge in [0.2, 0.25) is 11.3 Å². The number of aromatic nitrogens is 2. The lowest BCUT2D eigenvalue weighted by atomic mass is 10.1. The van der Waals surface area contributed by atoms with Gasteiger partial charge in [0, 0.05) is 56.2 Å². The molecule has 1 fully saturated rings. The van der Waals surface area contributed by atoms with Crippen molar-refractivity contribution in [3.05, 3.63) is 52.1 Å². The van der Waals surface area contributed by atoms with Crippen LogP contribution in [0.4, 0.5) is 0 Å². The molecule has 0 aliphatic carbocycles. The molecule has 3 heterocycles. The summed E-state index contributed by atoms with van der Waals surface area (Å²) in [7, 11) is 1.96. The Kier molecular flexibility index (Phi) is 5.67. The highest BCUT2D eigenvalue weighted by Crippen LogP contribution is 2.16. The zero-order valence-corrected chi connectivity index (χ0v) is 14.3. The van der Waals surface area contributed by atoms with Gasteiger partial charge >= 0.3 is 0 Å². The van der Waals surface area contributed by atoms with Crippen molar-refractivity contribution in [3.8, 4) is 11.6 Å². The van der Waals surface area contributed by atoms with Crippen molar-refractivity contribution in [2.24, 2.45) is 0 Å². The maximum Gasteiger partial charge on any atom is 0.223 e. The van der Waals surface area contributed by atoms with Crippen molar-refractivity contribution in [2.45, 2.75) is 32.0 Å². The van der Waals surface area contributed by atoms with Gasteiger partial charge in [-0.05, 0) is 12.6 Å². The maximum atomic E-state index is 11.5. The summed E-state index contributed by atoms with van der Waals surface area (Å²) in [5, 5.41) is 9.27. The van der Waals surface area contributed by atoms with E-state index in [4.69, 9.17) is 9.47 Å². The molecule has 1 saturated heterocycles. The lowest BCUT2D eigenvalue weighted by molar-refractivity contribution is 0.0237. The van der Waals surface area contributed by atoms with Crippen molar-refractivity contribution in [2.75, 3.05) is 20.3 Å². The maximum absolute atomic E-state index is 11.5. The molecular weight excluding hydrogens is 322 g/mol. The number of aromatic hydroxyl groups is 1. The number of hydrogen-bond donors (Lipinski definition) is 2. The van der Waals surface area contributed by atoms with Gasteiger partial charge in [0.25, 0.3) is 0 Å². The number of rotatable bonds is 6. The van der Waals surface area contributed by atoms with E-state index in [2.05, 4.69) is 14.9 Å². The van der Waals surface area contributed by atoms with E-state index in [1.165, 1.54) is 12.3 Å². The van der Waals surface area contributed by atoms with Gasteiger partial charge in [-0.1, -0.05) is 6.07 Å². The van der Waals surface area contributed by atoms with Crippen LogP contribution in [0.25, 0.3) is 0 Å². The Morgan fingerprint density at radius 3 is 2.84 bits per heavy atom. The first-order chi connectivity index (χ1) is 12.1. The summed E-state index contributed by atoms with van der Waals surface area (Å²) in [5.41, 5.74) is 1.43. The summed E-state index contributed by atoms with van der Waals surface area (Å²) in [4.78, 5) is 20.8. The van der Waals surface area contributed by atoms with Gasteiger partial charge in [-0.15, -0.1) is 0 Å². The third-order valence-electron chi connectivity index (χ3n) is 4.10. The van der Waals surface area contributed by atoms with Crippen LogP contribution in [0, 0.1) is 0 Å². The normalized spacial score (nSPS) is 15.4. The molecule has 0 amide bonds. The molecule has 7 heteroatoms. The fraction of sp³-hybridized carbons (Fsp3) is 0.444. The Hall–Kier alpha value is -2.38. The third-order valence-corrected chi connectivity index (χ3v) is 4.10. The minimum absolute atomic E-state index is 0.182. The molecule has 134 valence electrons. The number of aromatic amines is 1.